The summed E-state index contributed by atoms with van der Waals surface area (Å²) in [5, 5.41) is 0. The van der Waals surface area contributed by atoms with Crippen molar-refractivity contribution in [2.24, 2.45) is 5.92 Å². The molecule has 0 bridgehead atoms. The molecule has 33 heavy (non-hydrogen) atoms. The second kappa shape index (κ2) is 16.4. The van der Waals surface area contributed by atoms with Gasteiger partial charge in [-0.25, -0.2) is 0 Å². The third kappa shape index (κ3) is 15.3. The second-order valence-electron chi connectivity index (χ2n) is 10.3. The van der Waals surface area contributed by atoms with Gasteiger partial charge in [0.15, 0.2) is 0 Å². The van der Waals surface area contributed by atoms with Crippen molar-refractivity contribution in [3.63, 3.8) is 0 Å². The van der Waals surface area contributed by atoms with Gasteiger partial charge in [0.1, 0.15) is 0 Å². The highest BCUT2D eigenvalue weighted by molar-refractivity contribution is 7.85. The van der Waals surface area contributed by atoms with Crippen LogP contribution in [0.5, 0.6) is 0 Å². The zero-order valence-electron chi connectivity index (χ0n) is 20.9. The summed E-state index contributed by atoms with van der Waals surface area (Å²) in [6, 6.07) is 0. The van der Waals surface area contributed by atoms with Gasteiger partial charge in [-0.1, -0.05) is 84.0 Å². The molecule has 1 saturated heterocycles. The molecule has 0 radical (unpaired) electrons. The van der Waals surface area contributed by atoms with Gasteiger partial charge >= 0.3 is 6.18 Å². The normalized spacial score (nSPS) is 22.0. The summed E-state index contributed by atoms with van der Waals surface area (Å²) >= 11 is 0. The van der Waals surface area contributed by atoms with E-state index in [1.165, 1.54) is 70.6 Å². The standard InChI is InChI=1S/C25H48F3NO3S/c1-2-3-4-5-6-7-8-9-10-11-12-13-14-15-19-29(20-16-23-33(30,31)32)21-17-24(18-22-29)25(26,27)28/h24H,2-23H2,1H3/p+1. The summed E-state index contributed by atoms with van der Waals surface area (Å²) in [7, 11) is -4.03. The maximum atomic E-state index is 13.1. The first-order valence-corrected chi connectivity index (χ1v) is 15.1. The quantitative estimate of drug-likeness (QED) is 0.113. The molecule has 1 heterocycles. The van der Waals surface area contributed by atoms with Crippen LogP contribution >= 0.6 is 0 Å². The Bertz CT molecular complexity index is 588. The highest BCUT2D eigenvalue weighted by Crippen LogP contribution is 2.36. The van der Waals surface area contributed by atoms with Crippen LogP contribution in [0, 0.1) is 5.92 Å². The van der Waals surface area contributed by atoms with Gasteiger partial charge in [-0.15, -0.1) is 0 Å². The van der Waals surface area contributed by atoms with Gasteiger partial charge in [-0.3, -0.25) is 4.55 Å². The van der Waals surface area contributed by atoms with Crippen molar-refractivity contribution < 1.29 is 30.6 Å². The number of hydrogen-bond donors (Lipinski definition) is 1. The molecule has 1 fully saturated rings. The third-order valence-electron chi connectivity index (χ3n) is 7.39. The van der Waals surface area contributed by atoms with Gasteiger partial charge in [-0.2, -0.15) is 21.6 Å². The molecular weight excluding hydrogens is 451 g/mol. The van der Waals surface area contributed by atoms with Gasteiger partial charge in [-0.05, 0) is 12.8 Å². The van der Waals surface area contributed by atoms with Crippen LogP contribution in [-0.2, 0) is 10.1 Å². The number of quaternary nitrogens is 1. The van der Waals surface area contributed by atoms with Crippen molar-refractivity contribution >= 4 is 10.1 Å². The average Bonchev–Trinajstić information content (AvgIpc) is 2.73. The molecule has 8 heteroatoms. The van der Waals surface area contributed by atoms with Gasteiger partial charge in [0.2, 0.25) is 0 Å². The fourth-order valence-corrected chi connectivity index (χ4v) is 5.72. The minimum atomic E-state index is -4.14. The van der Waals surface area contributed by atoms with Crippen molar-refractivity contribution in [2.75, 3.05) is 31.9 Å². The fraction of sp³-hybridized carbons (Fsp3) is 1.00. The summed E-state index contributed by atoms with van der Waals surface area (Å²) in [6.45, 7) is 4.49. The Morgan fingerprint density at radius 3 is 1.52 bits per heavy atom. The predicted molar refractivity (Wildman–Crippen MR) is 130 cm³/mol. The molecule has 1 aliphatic rings. The smallest absolute Gasteiger partial charge is 0.324 e. The van der Waals surface area contributed by atoms with Crippen LogP contribution in [0.2, 0.25) is 0 Å². The second-order valence-corrected chi connectivity index (χ2v) is 11.9. The molecule has 1 aliphatic heterocycles. The fourth-order valence-electron chi connectivity index (χ4n) is 5.23. The van der Waals surface area contributed by atoms with E-state index in [1.54, 1.807) is 0 Å². The lowest BCUT2D eigenvalue weighted by Crippen LogP contribution is -2.55. The topological polar surface area (TPSA) is 54.4 Å². The van der Waals surface area contributed by atoms with Crippen LogP contribution in [0.15, 0.2) is 0 Å². The molecule has 198 valence electrons. The van der Waals surface area contributed by atoms with Crippen LogP contribution in [0.1, 0.15) is 116 Å². The molecule has 1 N–H and O–H groups in total. The Morgan fingerprint density at radius 1 is 0.727 bits per heavy atom. The average molecular weight is 501 g/mol. The molecule has 0 saturated carbocycles. The molecule has 0 aromatic rings. The maximum absolute atomic E-state index is 13.1. The van der Waals surface area contributed by atoms with E-state index in [-0.39, 0.29) is 18.6 Å². The zero-order valence-corrected chi connectivity index (χ0v) is 21.7. The highest BCUT2D eigenvalue weighted by atomic mass is 32.2. The number of piperidine rings is 1. The van der Waals surface area contributed by atoms with E-state index >= 15 is 0 Å². The summed E-state index contributed by atoms with van der Waals surface area (Å²) in [6.07, 6.45) is 14.2. The third-order valence-corrected chi connectivity index (χ3v) is 8.19. The monoisotopic (exact) mass is 500 g/mol. The lowest BCUT2D eigenvalue weighted by atomic mass is 9.93. The van der Waals surface area contributed by atoms with Gasteiger partial charge in [0.25, 0.3) is 10.1 Å². The number of hydrogen-bond acceptors (Lipinski definition) is 2. The van der Waals surface area contributed by atoms with Crippen molar-refractivity contribution in [1.29, 1.82) is 0 Å². The molecule has 0 amide bonds. The maximum Gasteiger partial charge on any atom is 0.392 e. The van der Waals surface area contributed by atoms with Crippen LogP contribution in [0.3, 0.4) is 0 Å². The van der Waals surface area contributed by atoms with Crippen LogP contribution in [-0.4, -0.2) is 55.6 Å². The molecule has 0 aromatic carbocycles. The first kappa shape index (κ1) is 30.7. The number of halogens is 3. The summed E-state index contributed by atoms with van der Waals surface area (Å²) < 4.78 is 70.9. The van der Waals surface area contributed by atoms with Crippen molar-refractivity contribution in [2.45, 2.75) is 122 Å². The van der Waals surface area contributed by atoms with E-state index < -0.39 is 22.2 Å². The first-order valence-electron chi connectivity index (χ1n) is 13.4. The molecule has 1 rings (SSSR count). The highest BCUT2D eigenvalue weighted by Gasteiger charge is 2.45. The molecule has 0 spiro atoms. The van der Waals surface area contributed by atoms with E-state index in [9.17, 15) is 21.6 Å². The lowest BCUT2D eigenvalue weighted by molar-refractivity contribution is -0.934. The van der Waals surface area contributed by atoms with E-state index in [1.807, 2.05) is 0 Å². The van der Waals surface area contributed by atoms with Gasteiger partial charge in [0.05, 0.1) is 37.8 Å². The van der Waals surface area contributed by atoms with Crippen molar-refractivity contribution in [3.05, 3.63) is 0 Å². The number of unbranched alkanes of at least 4 members (excludes halogenated alkanes) is 13. The minimum absolute atomic E-state index is 0.119. The minimum Gasteiger partial charge on any atom is -0.324 e. The zero-order chi connectivity index (χ0) is 24.6. The van der Waals surface area contributed by atoms with E-state index in [4.69, 9.17) is 4.55 Å². The molecule has 4 nitrogen and oxygen atoms in total. The van der Waals surface area contributed by atoms with Crippen LogP contribution in [0.25, 0.3) is 0 Å². The Kier molecular flexibility index (Phi) is 15.2. The van der Waals surface area contributed by atoms with Gasteiger partial charge in [0, 0.05) is 19.3 Å². The number of rotatable bonds is 19. The lowest BCUT2D eigenvalue weighted by Gasteiger charge is -2.44. The molecule has 0 aliphatic carbocycles. The van der Waals surface area contributed by atoms with Crippen molar-refractivity contribution in [1.82, 2.24) is 0 Å². The largest absolute Gasteiger partial charge is 0.392 e. The Morgan fingerprint density at radius 2 is 1.12 bits per heavy atom. The number of alkyl halides is 3. The Labute approximate surface area is 201 Å². The Hall–Kier alpha value is -0.340. The van der Waals surface area contributed by atoms with Crippen LogP contribution < -0.4 is 0 Å². The summed E-state index contributed by atoms with van der Waals surface area (Å²) in [5.74, 6) is -1.55. The number of nitrogens with zero attached hydrogens (tertiary/aromatic N) is 1. The molecule has 0 unspecified atom stereocenters. The molecule has 0 aromatic heterocycles. The predicted octanol–water partition coefficient (Wildman–Crippen LogP) is 7.53. The molecular formula is C25H49F3NO3S+. The summed E-state index contributed by atoms with van der Waals surface area (Å²) in [5.41, 5.74) is 0. The van der Waals surface area contributed by atoms with E-state index in [2.05, 4.69) is 6.92 Å². The summed E-state index contributed by atoms with van der Waals surface area (Å²) in [4.78, 5) is 0. The van der Waals surface area contributed by atoms with Gasteiger partial charge < -0.3 is 4.48 Å². The Balaban J connectivity index is 2.20. The van der Waals surface area contributed by atoms with Crippen LogP contribution in [0.4, 0.5) is 13.2 Å². The molecule has 0 atom stereocenters. The SMILES string of the molecule is CCCCCCCCCCCCCCCC[N+]1(CCCS(=O)(=O)O)CCC(C(F)(F)F)CC1. The first-order chi connectivity index (χ1) is 15.6. The van der Waals surface area contributed by atoms with Crippen molar-refractivity contribution in [3.8, 4) is 0 Å². The van der Waals surface area contributed by atoms with E-state index in [0.717, 1.165) is 25.8 Å². The number of likely N-dealkylation sites (tertiary alicyclic amines) is 1. The van der Waals surface area contributed by atoms with E-state index in [0.29, 0.717) is 30.5 Å².